The Bertz CT molecular complexity index is 425. The molecule has 1 aliphatic carbocycles. The summed E-state index contributed by atoms with van der Waals surface area (Å²) in [5.41, 5.74) is 12.8. The standard InChI is InChI=1S/C12H13BrN2/c13-10-6-2-1-5-9(10)12(15)8-4-3-7-11(12)14/h1-8,11H,14-15H2. The number of halogens is 1. The molecule has 1 aromatic rings. The van der Waals surface area contributed by atoms with Gasteiger partial charge in [-0.3, -0.25) is 0 Å². The minimum atomic E-state index is -0.616. The summed E-state index contributed by atoms with van der Waals surface area (Å²) in [5.74, 6) is 0. The van der Waals surface area contributed by atoms with Crippen LogP contribution in [0.3, 0.4) is 0 Å². The monoisotopic (exact) mass is 264 g/mol. The molecule has 4 N–H and O–H groups in total. The van der Waals surface area contributed by atoms with Gasteiger partial charge >= 0.3 is 0 Å². The Labute approximate surface area is 97.8 Å². The summed E-state index contributed by atoms with van der Waals surface area (Å²) in [7, 11) is 0. The Morgan fingerprint density at radius 1 is 1.20 bits per heavy atom. The highest BCUT2D eigenvalue weighted by Crippen LogP contribution is 2.31. The lowest BCUT2D eigenvalue weighted by atomic mass is 9.81. The van der Waals surface area contributed by atoms with Crippen molar-refractivity contribution in [2.45, 2.75) is 11.6 Å². The minimum absolute atomic E-state index is 0.193. The fourth-order valence-corrected chi connectivity index (χ4v) is 2.38. The van der Waals surface area contributed by atoms with Crippen LogP contribution >= 0.6 is 15.9 Å². The molecule has 3 heteroatoms. The lowest BCUT2D eigenvalue weighted by molar-refractivity contribution is 0.490. The average Bonchev–Trinajstić information content (AvgIpc) is 2.23. The molecule has 78 valence electrons. The van der Waals surface area contributed by atoms with E-state index >= 15 is 0 Å². The van der Waals surface area contributed by atoms with Gasteiger partial charge in [0.2, 0.25) is 0 Å². The molecule has 2 unspecified atom stereocenters. The van der Waals surface area contributed by atoms with Crippen LogP contribution < -0.4 is 11.5 Å². The van der Waals surface area contributed by atoms with Crippen molar-refractivity contribution >= 4 is 15.9 Å². The molecule has 0 spiro atoms. The van der Waals surface area contributed by atoms with Crippen molar-refractivity contribution in [1.29, 1.82) is 0 Å². The quantitative estimate of drug-likeness (QED) is 0.816. The summed E-state index contributed by atoms with van der Waals surface area (Å²) in [4.78, 5) is 0. The van der Waals surface area contributed by atoms with E-state index in [1.54, 1.807) is 0 Å². The Balaban J connectivity index is 2.50. The Kier molecular flexibility index (Phi) is 2.78. The van der Waals surface area contributed by atoms with Gasteiger partial charge in [0, 0.05) is 10.5 Å². The average molecular weight is 265 g/mol. The molecule has 2 atom stereocenters. The van der Waals surface area contributed by atoms with E-state index in [-0.39, 0.29) is 6.04 Å². The zero-order valence-corrected chi connectivity index (χ0v) is 9.81. The number of allylic oxidation sites excluding steroid dienone is 2. The van der Waals surface area contributed by atoms with Gasteiger partial charge in [-0.25, -0.2) is 0 Å². The first-order chi connectivity index (χ1) is 7.14. The summed E-state index contributed by atoms with van der Waals surface area (Å²) in [6.07, 6.45) is 7.71. The summed E-state index contributed by atoms with van der Waals surface area (Å²) in [6, 6.07) is 7.70. The van der Waals surface area contributed by atoms with Gasteiger partial charge in [0.1, 0.15) is 0 Å². The lowest BCUT2D eigenvalue weighted by Crippen LogP contribution is -2.51. The molecule has 0 saturated heterocycles. The lowest BCUT2D eigenvalue weighted by Gasteiger charge is -2.33. The van der Waals surface area contributed by atoms with Crippen molar-refractivity contribution in [3.63, 3.8) is 0 Å². The van der Waals surface area contributed by atoms with Gasteiger partial charge in [-0.2, -0.15) is 0 Å². The van der Waals surface area contributed by atoms with Crippen LogP contribution in [0.1, 0.15) is 5.56 Å². The third kappa shape index (κ3) is 1.78. The van der Waals surface area contributed by atoms with Gasteiger partial charge in [0.05, 0.1) is 5.54 Å². The van der Waals surface area contributed by atoms with E-state index in [4.69, 9.17) is 11.5 Å². The van der Waals surface area contributed by atoms with Crippen molar-refractivity contribution in [2.75, 3.05) is 0 Å². The molecule has 1 aromatic carbocycles. The van der Waals surface area contributed by atoms with Crippen LogP contribution in [0.2, 0.25) is 0 Å². The maximum absolute atomic E-state index is 6.33. The number of rotatable bonds is 1. The van der Waals surface area contributed by atoms with E-state index < -0.39 is 5.54 Å². The van der Waals surface area contributed by atoms with E-state index in [2.05, 4.69) is 15.9 Å². The van der Waals surface area contributed by atoms with E-state index in [1.165, 1.54) is 0 Å². The van der Waals surface area contributed by atoms with Gasteiger partial charge < -0.3 is 11.5 Å². The number of hydrogen-bond donors (Lipinski definition) is 2. The van der Waals surface area contributed by atoms with E-state index in [0.717, 1.165) is 10.0 Å². The largest absolute Gasteiger partial charge is 0.322 e. The maximum Gasteiger partial charge on any atom is 0.0799 e. The normalized spacial score (nSPS) is 29.4. The third-order valence-corrected chi connectivity index (χ3v) is 3.38. The van der Waals surface area contributed by atoms with E-state index in [9.17, 15) is 0 Å². The van der Waals surface area contributed by atoms with Crippen LogP contribution in [0.4, 0.5) is 0 Å². The Morgan fingerprint density at radius 3 is 2.60 bits per heavy atom. The smallest absolute Gasteiger partial charge is 0.0799 e. The molecule has 2 nitrogen and oxygen atoms in total. The van der Waals surface area contributed by atoms with Crippen molar-refractivity contribution in [3.8, 4) is 0 Å². The second-order valence-electron chi connectivity index (χ2n) is 3.68. The predicted octanol–water partition coefficient (Wildman–Crippen LogP) is 2.06. The van der Waals surface area contributed by atoms with E-state index in [1.807, 2.05) is 48.6 Å². The molecular formula is C12H13BrN2. The summed E-state index contributed by atoms with van der Waals surface area (Å²) in [5, 5.41) is 0. The maximum atomic E-state index is 6.33. The number of hydrogen-bond acceptors (Lipinski definition) is 2. The highest BCUT2D eigenvalue weighted by atomic mass is 79.9. The molecule has 2 rings (SSSR count). The second-order valence-corrected chi connectivity index (χ2v) is 4.54. The zero-order valence-electron chi connectivity index (χ0n) is 8.23. The van der Waals surface area contributed by atoms with Gasteiger partial charge in [0.25, 0.3) is 0 Å². The predicted molar refractivity (Wildman–Crippen MR) is 66.3 cm³/mol. The molecule has 0 radical (unpaired) electrons. The molecule has 1 aliphatic rings. The molecule has 0 saturated carbocycles. The van der Waals surface area contributed by atoms with Crippen LogP contribution in [0, 0.1) is 0 Å². The molecule has 0 aromatic heterocycles. The van der Waals surface area contributed by atoms with Crippen LogP contribution in [-0.4, -0.2) is 6.04 Å². The third-order valence-electron chi connectivity index (χ3n) is 2.69. The van der Waals surface area contributed by atoms with Gasteiger partial charge in [0.15, 0.2) is 0 Å². The van der Waals surface area contributed by atoms with Crippen LogP contribution in [0.25, 0.3) is 0 Å². The highest BCUT2D eigenvalue weighted by molar-refractivity contribution is 9.10. The fraction of sp³-hybridized carbons (Fsp3) is 0.167. The van der Waals surface area contributed by atoms with Crippen LogP contribution in [0.5, 0.6) is 0 Å². The van der Waals surface area contributed by atoms with Gasteiger partial charge in [-0.15, -0.1) is 0 Å². The van der Waals surface area contributed by atoms with Crippen molar-refractivity contribution in [1.82, 2.24) is 0 Å². The zero-order chi connectivity index (χ0) is 10.9. The topological polar surface area (TPSA) is 52.0 Å². The van der Waals surface area contributed by atoms with E-state index in [0.29, 0.717) is 0 Å². The Morgan fingerprint density at radius 2 is 1.93 bits per heavy atom. The summed E-state index contributed by atoms with van der Waals surface area (Å²) >= 11 is 3.50. The SMILES string of the molecule is NC1C=CC=CC1(N)c1ccccc1Br. The van der Waals surface area contributed by atoms with Crippen molar-refractivity contribution < 1.29 is 0 Å². The summed E-state index contributed by atoms with van der Waals surface area (Å²) in [6.45, 7) is 0. The van der Waals surface area contributed by atoms with Gasteiger partial charge in [-0.1, -0.05) is 58.4 Å². The van der Waals surface area contributed by atoms with Crippen molar-refractivity contribution in [2.24, 2.45) is 11.5 Å². The molecule has 15 heavy (non-hydrogen) atoms. The van der Waals surface area contributed by atoms with Crippen LogP contribution in [-0.2, 0) is 5.54 Å². The van der Waals surface area contributed by atoms with Crippen LogP contribution in [0.15, 0.2) is 53.0 Å². The molecule has 0 heterocycles. The Hall–Kier alpha value is -0.900. The summed E-state index contributed by atoms with van der Waals surface area (Å²) < 4.78 is 0.989. The fourth-order valence-electron chi connectivity index (χ4n) is 1.75. The molecule has 0 fully saturated rings. The number of nitrogens with two attached hydrogens (primary N) is 2. The first-order valence-corrected chi connectivity index (χ1v) is 5.59. The number of benzene rings is 1. The molecule has 0 aliphatic heterocycles. The highest BCUT2D eigenvalue weighted by Gasteiger charge is 2.32. The first kappa shape index (κ1) is 10.6. The minimum Gasteiger partial charge on any atom is -0.322 e. The first-order valence-electron chi connectivity index (χ1n) is 4.80. The van der Waals surface area contributed by atoms with Gasteiger partial charge in [-0.05, 0) is 11.6 Å². The molecule has 0 amide bonds. The second kappa shape index (κ2) is 3.93. The molecule has 0 bridgehead atoms. The van der Waals surface area contributed by atoms with Crippen molar-refractivity contribution in [3.05, 3.63) is 58.6 Å². The molecular weight excluding hydrogens is 252 g/mol.